The molecule has 8 heteroatoms. The molecule has 0 saturated carbocycles. The van der Waals surface area contributed by atoms with E-state index in [1.807, 2.05) is 35.0 Å². The summed E-state index contributed by atoms with van der Waals surface area (Å²) in [4.78, 5) is 10.1. The van der Waals surface area contributed by atoms with Gasteiger partial charge in [-0.25, -0.2) is 13.4 Å². The number of piperidine rings is 1. The van der Waals surface area contributed by atoms with Gasteiger partial charge in [0.25, 0.3) is 0 Å². The summed E-state index contributed by atoms with van der Waals surface area (Å²) in [6.45, 7) is 7.08. The summed E-state index contributed by atoms with van der Waals surface area (Å²) in [6, 6.07) is 11.0. The van der Waals surface area contributed by atoms with Crippen LogP contribution in [0.15, 0.2) is 53.7 Å². The fourth-order valence-corrected chi connectivity index (χ4v) is 5.52. The number of likely N-dealkylation sites (tertiary alicyclic amines) is 2. The lowest BCUT2D eigenvalue weighted by atomic mass is 10.1. The lowest BCUT2D eigenvalue weighted by Crippen LogP contribution is -2.41. The van der Waals surface area contributed by atoms with Crippen molar-refractivity contribution in [3.05, 3.63) is 48.8 Å². The van der Waals surface area contributed by atoms with Gasteiger partial charge in [0.2, 0.25) is 0 Å². The number of rotatable bonds is 7. The molecule has 2 aliphatic rings. The molecule has 0 spiro atoms. The lowest BCUT2D eigenvalue weighted by Gasteiger charge is -2.33. The minimum atomic E-state index is -3.23. The first-order chi connectivity index (χ1) is 16.0. The number of hydrogen-bond donors (Lipinski definition) is 0. The molecule has 0 unspecified atom stereocenters. The first-order valence-electron chi connectivity index (χ1n) is 11.8. The quantitative estimate of drug-likeness (QED) is 0.530. The molecular weight excluding hydrogens is 436 g/mol. The molecule has 0 bridgehead atoms. The van der Waals surface area contributed by atoms with Crippen molar-refractivity contribution in [3.8, 4) is 11.6 Å². The van der Waals surface area contributed by atoms with Crippen LogP contribution in [0.3, 0.4) is 0 Å². The highest BCUT2D eigenvalue weighted by Gasteiger charge is 2.21. The van der Waals surface area contributed by atoms with Crippen LogP contribution in [-0.2, 0) is 9.84 Å². The molecule has 2 fully saturated rings. The van der Waals surface area contributed by atoms with E-state index < -0.39 is 9.84 Å². The molecule has 0 aliphatic carbocycles. The van der Waals surface area contributed by atoms with Gasteiger partial charge in [-0.05, 0) is 75.2 Å². The zero-order valence-electron chi connectivity index (χ0n) is 19.2. The number of ether oxygens (including phenoxy) is 1. The highest BCUT2D eigenvalue weighted by Crippen LogP contribution is 2.24. The molecule has 7 nitrogen and oxygen atoms in total. The Morgan fingerprint density at radius 1 is 0.970 bits per heavy atom. The van der Waals surface area contributed by atoms with Crippen molar-refractivity contribution in [2.75, 3.05) is 45.5 Å². The van der Waals surface area contributed by atoms with Gasteiger partial charge in [0.05, 0.1) is 16.6 Å². The number of hydrogen-bond acceptors (Lipinski definition) is 6. The van der Waals surface area contributed by atoms with Gasteiger partial charge in [-0.3, -0.25) is 0 Å². The fraction of sp³-hybridized carbons (Fsp3) is 0.480. The van der Waals surface area contributed by atoms with Gasteiger partial charge in [0.15, 0.2) is 9.84 Å². The standard InChI is InChI=1S/C25H32N4O3S/c1-33(30,31)23-5-6-24-20(18-23)8-15-29(24)25-7-4-22(19-26-25)32-21-9-13-28(14-10-21)17-16-27-11-2-3-12-27/h4-8,15,18-19,21H,2-3,9-14,16-17H2,1H3. The molecule has 0 amide bonds. The van der Waals surface area contributed by atoms with Crippen molar-refractivity contribution in [1.82, 2.24) is 19.4 Å². The van der Waals surface area contributed by atoms with E-state index >= 15 is 0 Å². The monoisotopic (exact) mass is 468 g/mol. The van der Waals surface area contributed by atoms with E-state index in [1.54, 1.807) is 18.3 Å². The van der Waals surface area contributed by atoms with Crippen LogP contribution in [0.25, 0.3) is 16.7 Å². The van der Waals surface area contributed by atoms with Crippen LogP contribution in [0.2, 0.25) is 0 Å². The predicted octanol–water partition coefficient (Wildman–Crippen LogP) is 3.37. The second-order valence-corrected chi connectivity index (χ2v) is 11.3. The van der Waals surface area contributed by atoms with Crippen molar-refractivity contribution < 1.29 is 13.2 Å². The van der Waals surface area contributed by atoms with E-state index in [2.05, 4.69) is 14.8 Å². The van der Waals surface area contributed by atoms with Gasteiger partial charge >= 0.3 is 0 Å². The largest absolute Gasteiger partial charge is 0.489 e. The number of pyridine rings is 1. The van der Waals surface area contributed by atoms with Gasteiger partial charge < -0.3 is 19.1 Å². The van der Waals surface area contributed by atoms with Crippen molar-refractivity contribution in [1.29, 1.82) is 0 Å². The van der Waals surface area contributed by atoms with Crippen molar-refractivity contribution in [2.45, 2.75) is 36.7 Å². The van der Waals surface area contributed by atoms with Crippen LogP contribution in [-0.4, -0.2) is 79.4 Å². The zero-order chi connectivity index (χ0) is 22.8. The van der Waals surface area contributed by atoms with Crippen molar-refractivity contribution >= 4 is 20.7 Å². The number of sulfone groups is 1. The van der Waals surface area contributed by atoms with E-state index in [-0.39, 0.29) is 6.10 Å². The molecule has 176 valence electrons. The summed E-state index contributed by atoms with van der Waals surface area (Å²) in [5, 5.41) is 0.872. The number of nitrogens with zero attached hydrogens (tertiary/aromatic N) is 4. The Morgan fingerprint density at radius 3 is 2.36 bits per heavy atom. The molecule has 0 radical (unpaired) electrons. The van der Waals surface area contributed by atoms with Crippen LogP contribution in [0.1, 0.15) is 25.7 Å². The van der Waals surface area contributed by atoms with Gasteiger partial charge in [0.1, 0.15) is 17.7 Å². The average molecular weight is 469 g/mol. The minimum Gasteiger partial charge on any atom is -0.489 e. The third-order valence-corrected chi connectivity index (χ3v) is 7.94. The Kier molecular flexibility index (Phi) is 6.40. The summed E-state index contributed by atoms with van der Waals surface area (Å²) in [5.74, 6) is 1.58. The summed E-state index contributed by atoms with van der Waals surface area (Å²) >= 11 is 0. The first kappa shape index (κ1) is 22.4. The van der Waals surface area contributed by atoms with E-state index in [4.69, 9.17) is 4.74 Å². The normalized spacial score (nSPS) is 18.8. The highest BCUT2D eigenvalue weighted by atomic mass is 32.2. The first-order valence-corrected chi connectivity index (χ1v) is 13.7. The third kappa shape index (κ3) is 5.23. The molecule has 2 aromatic heterocycles. The Morgan fingerprint density at radius 2 is 1.70 bits per heavy atom. The van der Waals surface area contributed by atoms with Crippen LogP contribution >= 0.6 is 0 Å². The summed E-state index contributed by atoms with van der Waals surface area (Å²) < 4.78 is 31.8. The van der Waals surface area contributed by atoms with Crippen molar-refractivity contribution in [2.24, 2.45) is 0 Å². The van der Waals surface area contributed by atoms with Crippen LogP contribution in [0.5, 0.6) is 5.75 Å². The number of benzene rings is 1. The van der Waals surface area contributed by atoms with E-state index in [9.17, 15) is 8.42 Å². The number of aromatic nitrogens is 2. The maximum absolute atomic E-state index is 11.8. The smallest absolute Gasteiger partial charge is 0.175 e. The molecule has 5 rings (SSSR count). The lowest BCUT2D eigenvalue weighted by molar-refractivity contribution is 0.0946. The fourth-order valence-electron chi connectivity index (χ4n) is 4.87. The van der Waals surface area contributed by atoms with Gasteiger partial charge in [0, 0.05) is 44.0 Å². The Bertz CT molecular complexity index is 1190. The topological polar surface area (TPSA) is 67.7 Å². The second kappa shape index (κ2) is 9.44. The maximum Gasteiger partial charge on any atom is 0.175 e. The molecule has 0 atom stereocenters. The third-order valence-electron chi connectivity index (χ3n) is 6.83. The minimum absolute atomic E-state index is 0.238. The SMILES string of the molecule is CS(=O)(=O)c1ccc2c(ccn2-c2ccc(OC3CCN(CCN4CCCC4)CC3)cn2)c1. The Hall–Kier alpha value is -2.42. The average Bonchev–Trinajstić information content (AvgIpc) is 3.48. The molecule has 2 aliphatic heterocycles. The molecular formula is C25H32N4O3S. The molecule has 2 saturated heterocycles. The van der Waals surface area contributed by atoms with Crippen molar-refractivity contribution in [3.63, 3.8) is 0 Å². The Labute approximate surface area is 195 Å². The summed E-state index contributed by atoms with van der Waals surface area (Å²) in [5.41, 5.74) is 0.921. The predicted molar refractivity (Wildman–Crippen MR) is 130 cm³/mol. The van der Waals surface area contributed by atoms with Crippen LogP contribution in [0, 0.1) is 0 Å². The summed E-state index contributed by atoms with van der Waals surface area (Å²) in [6.07, 6.45) is 9.97. The molecule has 33 heavy (non-hydrogen) atoms. The van der Waals surface area contributed by atoms with E-state index in [1.165, 1.54) is 45.3 Å². The molecule has 0 N–H and O–H groups in total. The summed E-state index contributed by atoms with van der Waals surface area (Å²) in [7, 11) is -3.23. The molecule has 1 aromatic carbocycles. The number of fused-ring (bicyclic) bond motifs is 1. The Balaban J connectivity index is 1.17. The van der Waals surface area contributed by atoms with Crippen LogP contribution in [0.4, 0.5) is 0 Å². The highest BCUT2D eigenvalue weighted by molar-refractivity contribution is 7.90. The van der Waals surface area contributed by atoms with E-state index in [0.29, 0.717) is 4.90 Å². The van der Waals surface area contributed by atoms with Gasteiger partial charge in [-0.2, -0.15) is 0 Å². The molecule has 4 heterocycles. The van der Waals surface area contributed by atoms with Gasteiger partial charge in [-0.1, -0.05) is 0 Å². The zero-order valence-corrected chi connectivity index (χ0v) is 20.0. The molecule has 3 aromatic rings. The van der Waals surface area contributed by atoms with E-state index in [0.717, 1.165) is 48.4 Å². The van der Waals surface area contributed by atoms with Crippen LogP contribution < -0.4 is 4.74 Å². The maximum atomic E-state index is 11.8. The van der Waals surface area contributed by atoms with Gasteiger partial charge in [-0.15, -0.1) is 0 Å². The second-order valence-electron chi connectivity index (χ2n) is 9.24.